The third kappa shape index (κ3) is 3.22. The van der Waals surface area contributed by atoms with Crippen LogP contribution in [0.3, 0.4) is 0 Å². The van der Waals surface area contributed by atoms with Gasteiger partial charge in [-0.25, -0.2) is 9.18 Å². The molecule has 0 fully saturated rings. The highest BCUT2D eigenvalue weighted by Gasteiger charge is 2.13. The van der Waals surface area contributed by atoms with Crippen LogP contribution in [0, 0.1) is 5.82 Å². The first-order valence-corrected chi connectivity index (χ1v) is 6.14. The van der Waals surface area contributed by atoms with Crippen molar-refractivity contribution in [1.29, 1.82) is 0 Å². The number of benzene rings is 2. The molecule has 2 aromatic carbocycles. The molecule has 3 N–H and O–H groups in total. The third-order valence-corrected chi connectivity index (χ3v) is 2.95. The summed E-state index contributed by atoms with van der Waals surface area (Å²) in [6.07, 6.45) is 0. The molecule has 21 heavy (non-hydrogen) atoms. The average molecular weight is 291 g/mol. The number of anilines is 1. The van der Waals surface area contributed by atoms with E-state index >= 15 is 0 Å². The van der Waals surface area contributed by atoms with E-state index in [1.54, 1.807) is 12.1 Å². The Morgan fingerprint density at radius 3 is 2.76 bits per heavy atom. The van der Waals surface area contributed by atoms with E-state index < -0.39 is 11.8 Å². The van der Waals surface area contributed by atoms with Gasteiger partial charge in [0.1, 0.15) is 5.82 Å². The average Bonchev–Trinajstić information content (AvgIpc) is 2.49. The predicted molar refractivity (Wildman–Crippen MR) is 74.8 cm³/mol. The summed E-state index contributed by atoms with van der Waals surface area (Å²) in [6, 6.07) is 8.52. The molecule has 6 heteroatoms. The highest BCUT2D eigenvalue weighted by atomic mass is 19.1. The van der Waals surface area contributed by atoms with Gasteiger partial charge in [-0.05, 0) is 24.3 Å². The van der Waals surface area contributed by atoms with Crippen LogP contribution in [0.25, 0.3) is 0 Å². The quantitative estimate of drug-likeness (QED) is 0.596. The molecule has 2 rings (SSSR count). The number of carbonyl (C=O) groups excluding carboxylic acids is 1. The highest BCUT2D eigenvalue weighted by Crippen LogP contribution is 2.28. The van der Waals surface area contributed by atoms with E-state index in [1.807, 2.05) is 0 Å². The summed E-state index contributed by atoms with van der Waals surface area (Å²) in [5.41, 5.74) is 0.779. The number of nitrogens with one attached hydrogen (secondary N) is 1. The topological polar surface area (TPSA) is 78.8 Å². The molecular formula is C15H14FNO4. The van der Waals surface area contributed by atoms with E-state index in [-0.39, 0.29) is 23.6 Å². The molecule has 0 unspecified atom stereocenters. The van der Waals surface area contributed by atoms with Crippen molar-refractivity contribution >= 4 is 11.7 Å². The number of aromatic hydroxyl groups is 2. The standard InChI is InChI=1S/C15H14FNO4/c1-21-15(20)11-7-10(5-6-12(11)16)17-8-9-3-2-4-13(18)14(9)19/h2-7,17-19H,8H2,1H3. The van der Waals surface area contributed by atoms with Gasteiger partial charge in [0, 0.05) is 17.8 Å². The number of phenols is 2. The molecule has 0 atom stereocenters. The first kappa shape index (κ1) is 14.6. The van der Waals surface area contributed by atoms with Crippen LogP contribution in [-0.2, 0) is 11.3 Å². The summed E-state index contributed by atoms with van der Waals surface area (Å²) in [5, 5.41) is 22.0. The molecule has 0 radical (unpaired) electrons. The van der Waals surface area contributed by atoms with Gasteiger partial charge in [-0.3, -0.25) is 0 Å². The zero-order chi connectivity index (χ0) is 15.4. The fourth-order valence-electron chi connectivity index (χ4n) is 1.82. The summed E-state index contributed by atoms with van der Waals surface area (Å²) >= 11 is 0. The minimum absolute atomic E-state index is 0.178. The zero-order valence-electron chi connectivity index (χ0n) is 11.3. The van der Waals surface area contributed by atoms with Crippen molar-refractivity contribution in [2.75, 3.05) is 12.4 Å². The van der Waals surface area contributed by atoms with Crippen LogP contribution < -0.4 is 5.32 Å². The van der Waals surface area contributed by atoms with Gasteiger partial charge in [0.25, 0.3) is 0 Å². The number of rotatable bonds is 4. The molecule has 0 heterocycles. The van der Waals surface area contributed by atoms with Crippen LogP contribution in [0.5, 0.6) is 11.5 Å². The summed E-state index contributed by atoms with van der Waals surface area (Å²) in [7, 11) is 1.17. The number of carbonyl (C=O) groups is 1. The fourth-order valence-corrected chi connectivity index (χ4v) is 1.82. The monoisotopic (exact) mass is 291 g/mol. The van der Waals surface area contributed by atoms with E-state index in [0.717, 1.165) is 6.07 Å². The molecule has 0 bridgehead atoms. The van der Waals surface area contributed by atoms with Gasteiger partial charge in [-0.2, -0.15) is 0 Å². The van der Waals surface area contributed by atoms with E-state index in [0.29, 0.717) is 11.3 Å². The molecule has 0 saturated carbocycles. The second-order valence-corrected chi connectivity index (χ2v) is 4.32. The lowest BCUT2D eigenvalue weighted by Crippen LogP contribution is -2.06. The summed E-state index contributed by atoms with van der Waals surface area (Å²) in [5.74, 6) is -1.88. The lowest BCUT2D eigenvalue weighted by Gasteiger charge is -2.10. The molecule has 0 aliphatic carbocycles. The minimum Gasteiger partial charge on any atom is -0.504 e. The van der Waals surface area contributed by atoms with Crippen molar-refractivity contribution in [3.05, 3.63) is 53.3 Å². The Balaban J connectivity index is 2.17. The SMILES string of the molecule is COC(=O)c1cc(NCc2cccc(O)c2O)ccc1F. The first-order valence-electron chi connectivity index (χ1n) is 6.14. The van der Waals surface area contributed by atoms with Crippen LogP contribution in [0.15, 0.2) is 36.4 Å². The molecule has 0 aromatic heterocycles. The summed E-state index contributed by atoms with van der Waals surface area (Å²) in [6.45, 7) is 0.201. The molecule has 0 aliphatic rings. The number of phenolic OH excluding ortho intramolecular Hbond substituents is 2. The van der Waals surface area contributed by atoms with Crippen molar-refractivity contribution in [1.82, 2.24) is 0 Å². The highest BCUT2D eigenvalue weighted by molar-refractivity contribution is 5.90. The van der Waals surface area contributed by atoms with Crippen molar-refractivity contribution in [3.63, 3.8) is 0 Å². The van der Waals surface area contributed by atoms with E-state index in [1.165, 1.54) is 25.3 Å². The maximum Gasteiger partial charge on any atom is 0.340 e. The fraction of sp³-hybridized carbons (Fsp3) is 0.133. The van der Waals surface area contributed by atoms with Crippen molar-refractivity contribution in [3.8, 4) is 11.5 Å². The molecule has 0 amide bonds. The lowest BCUT2D eigenvalue weighted by atomic mass is 10.1. The van der Waals surface area contributed by atoms with E-state index in [2.05, 4.69) is 10.1 Å². The predicted octanol–water partition coefficient (Wildman–Crippen LogP) is 2.64. The molecule has 0 saturated heterocycles. The lowest BCUT2D eigenvalue weighted by molar-refractivity contribution is 0.0595. The Kier molecular flexibility index (Phi) is 4.27. The second kappa shape index (κ2) is 6.13. The van der Waals surface area contributed by atoms with Gasteiger partial charge in [0.2, 0.25) is 0 Å². The van der Waals surface area contributed by atoms with Gasteiger partial charge in [0.05, 0.1) is 12.7 Å². The van der Waals surface area contributed by atoms with Gasteiger partial charge in [-0.15, -0.1) is 0 Å². The molecular weight excluding hydrogens is 277 g/mol. The Hall–Kier alpha value is -2.76. The zero-order valence-corrected chi connectivity index (χ0v) is 11.3. The van der Waals surface area contributed by atoms with Gasteiger partial charge < -0.3 is 20.3 Å². The smallest absolute Gasteiger partial charge is 0.340 e. The Bertz CT molecular complexity index is 673. The largest absolute Gasteiger partial charge is 0.504 e. The molecule has 110 valence electrons. The van der Waals surface area contributed by atoms with Crippen LogP contribution in [-0.4, -0.2) is 23.3 Å². The van der Waals surface area contributed by atoms with Crippen molar-refractivity contribution in [2.45, 2.75) is 6.54 Å². The number of ether oxygens (including phenoxy) is 1. The van der Waals surface area contributed by atoms with Crippen LogP contribution in [0.2, 0.25) is 0 Å². The minimum atomic E-state index is -0.767. The van der Waals surface area contributed by atoms with Gasteiger partial charge in [0.15, 0.2) is 11.5 Å². The third-order valence-electron chi connectivity index (χ3n) is 2.95. The number of halogens is 1. The summed E-state index contributed by atoms with van der Waals surface area (Å²) < 4.78 is 18.0. The number of methoxy groups -OCH3 is 1. The molecule has 5 nitrogen and oxygen atoms in total. The number of esters is 1. The van der Waals surface area contributed by atoms with E-state index in [9.17, 15) is 19.4 Å². The number of hydrogen-bond donors (Lipinski definition) is 3. The second-order valence-electron chi connectivity index (χ2n) is 4.32. The number of hydrogen-bond acceptors (Lipinski definition) is 5. The molecule has 0 spiro atoms. The molecule has 0 aliphatic heterocycles. The maximum absolute atomic E-state index is 13.5. The van der Waals surface area contributed by atoms with Gasteiger partial charge >= 0.3 is 5.97 Å². The van der Waals surface area contributed by atoms with Gasteiger partial charge in [-0.1, -0.05) is 12.1 Å². The normalized spacial score (nSPS) is 10.2. The van der Waals surface area contributed by atoms with Crippen LogP contribution in [0.1, 0.15) is 15.9 Å². The van der Waals surface area contributed by atoms with Crippen LogP contribution in [0.4, 0.5) is 10.1 Å². The Labute approximate surface area is 120 Å². The number of para-hydroxylation sites is 1. The van der Waals surface area contributed by atoms with Crippen LogP contribution >= 0.6 is 0 Å². The Morgan fingerprint density at radius 2 is 2.05 bits per heavy atom. The Morgan fingerprint density at radius 1 is 1.29 bits per heavy atom. The van der Waals surface area contributed by atoms with Crippen molar-refractivity contribution in [2.24, 2.45) is 0 Å². The first-order chi connectivity index (χ1) is 10.0. The molecule has 2 aromatic rings. The van der Waals surface area contributed by atoms with E-state index in [4.69, 9.17) is 0 Å². The van der Waals surface area contributed by atoms with Crippen molar-refractivity contribution < 1.29 is 24.1 Å². The summed E-state index contributed by atoms with van der Waals surface area (Å²) in [4.78, 5) is 11.4. The maximum atomic E-state index is 13.5.